The molecule has 0 aliphatic rings. The topological polar surface area (TPSA) is 100 Å². The van der Waals surface area contributed by atoms with E-state index in [9.17, 15) is 9.90 Å². The maximum atomic E-state index is 12.3. The molecule has 2 heterocycles. The first-order valence-electron chi connectivity index (χ1n) is 9.71. The van der Waals surface area contributed by atoms with Gasteiger partial charge in [0, 0.05) is 23.9 Å². The Hall–Kier alpha value is -4.13. The van der Waals surface area contributed by atoms with Crippen LogP contribution < -0.4 is 10.1 Å². The van der Waals surface area contributed by atoms with Gasteiger partial charge in [-0.1, -0.05) is 18.2 Å². The van der Waals surface area contributed by atoms with Crippen molar-refractivity contribution in [1.82, 2.24) is 20.3 Å². The summed E-state index contributed by atoms with van der Waals surface area (Å²) in [6.45, 7) is 6.06. The number of aromatic hydroxyl groups is 1. The second-order valence-corrected chi connectivity index (χ2v) is 7.25. The van der Waals surface area contributed by atoms with Gasteiger partial charge < -0.3 is 20.1 Å². The normalized spacial score (nSPS) is 10.8. The predicted octanol–water partition coefficient (Wildman–Crippen LogP) is 4.31. The van der Waals surface area contributed by atoms with Gasteiger partial charge in [0.1, 0.15) is 11.6 Å². The number of phenolic OH excluding ortho intramolecular Hbond substituents is 1. The van der Waals surface area contributed by atoms with Crippen molar-refractivity contribution in [3.8, 4) is 34.1 Å². The smallest absolute Gasteiger partial charge is 0.251 e. The number of H-pyrrole nitrogens is 1. The van der Waals surface area contributed by atoms with Crippen LogP contribution in [0.5, 0.6) is 11.6 Å². The number of imidazole rings is 1. The zero-order chi connectivity index (χ0) is 22.0. The maximum Gasteiger partial charge on any atom is 0.251 e. The van der Waals surface area contributed by atoms with Crippen LogP contribution in [0, 0.1) is 0 Å². The first-order chi connectivity index (χ1) is 15.0. The summed E-state index contributed by atoms with van der Waals surface area (Å²) in [5.41, 5.74) is 4.93. The molecule has 0 unspecified atom stereocenters. The fourth-order valence-corrected chi connectivity index (χ4v) is 3.27. The van der Waals surface area contributed by atoms with Gasteiger partial charge in [0.25, 0.3) is 5.91 Å². The molecular weight excluding hydrogens is 392 g/mol. The van der Waals surface area contributed by atoms with E-state index in [4.69, 9.17) is 4.74 Å². The van der Waals surface area contributed by atoms with Gasteiger partial charge in [-0.3, -0.25) is 4.79 Å². The Bertz CT molecular complexity index is 1290. The number of hydrogen-bond donors (Lipinski definition) is 3. The van der Waals surface area contributed by atoms with Crippen molar-refractivity contribution < 1.29 is 14.6 Å². The Labute approximate surface area is 179 Å². The summed E-state index contributed by atoms with van der Waals surface area (Å²) in [4.78, 5) is 24.4. The Kier molecular flexibility index (Phi) is 5.41. The van der Waals surface area contributed by atoms with E-state index in [1.165, 1.54) is 0 Å². The molecule has 156 valence electrons. The van der Waals surface area contributed by atoms with E-state index in [0.717, 1.165) is 22.2 Å². The van der Waals surface area contributed by atoms with Crippen molar-refractivity contribution >= 4 is 16.9 Å². The highest BCUT2D eigenvalue weighted by atomic mass is 16.5. The number of nitrogens with zero attached hydrogens (tertiary/aromatic N) is 2. The first-order valence-corrected chi connectivity index (χ1v) is 9.71. The van der Waals surface area contributed by atoms with Crippen LogP contribution in [0.3, 0.4) is 0 Å². The lowest BCUT2D eigenvalue weighted by Crippen LogP contribution is -2.24. The van der Waals surface area contributed by atoms with Crippen molar-refractivity contribution in [3.05, 3.63) is 72.4 Å². The van der Waals surface area contributed by atoms with Gasteiger partial charge in [-0.25, -0.2) is 9.97 Å². The van der Waals surface area contributed by atoms with Gasteiger partial charge in [-0.15, -0.1) is 0 Å². The summed E-state index contributed by atoms with van der Waals surface area (Å²) in [6.07, 6.45) is 1.66. The molecule has 1 amide bonds. The van der Waals surface area contributed by atoms with Crippen LogP contribution >= 0.6 is 0 Å². The van der Waals surface area contributed by atoms with E-state index in [-0.39, 0.29) is 11.7 Å². The lowest BCUT2D eigenvalue weighted by Gasteiger charge is -2.09. The molecule has 3 N–H and O–H groups in total. The van der Waals surface area contributed by atoms with Crippen molar-refractivity contribution in [2.45, 2.75) is 6.92 Å². The molecule has 2 aromatic carbocycles. The number of fused-ring (bicyclic) bond motifs is 1. The van der Waals surface area contributed by atoms with Crippen LogP contribution in [0.25, 0.3) is 33.5 Å². The second-order valence-electron chi connectivity index (χ2n) is 7.25. The molecule has 0 atom stereocenters. The minimum atomic E-state index is -0.192. The third-order valence-electron chi connectivity index (χ3n) is 4.82. The minimum absolute atomic E-state index is 0.0880. The first kappa shape index (κ1) is 20.2. The number of benzene rings is 2. The molecule has 0 fully saturated rings. The van der Waals surface area contributed by atoms with E-state index >= 15 is 0 Å². The second kappa shape index (κ2) is 8.31. The van der Waals surface area contributed by atoms with Gasteiger partial charge in [-0.2, -0.15) is 0 Å². The van der Waals surface area contributed by atoms with Gasteiger partial charge in [0.2, 0.25) is 5.88 Å². The zero-order valence-corrected chi connectivity index (χ0v) is 17.3. The fourth-order valence-electron chi connectivity index (χ4n) is 3.27. The standard InChI is InChI=1S/C24H22N4O3/c1-14(2)13-26-23(30)16-6-8-19-20(12-16)28-22(27-19)18-11-15(7-9-21(18)29)17-5-4-10-25-24(17)31-3/h4-12,29H,1,13H2,2-3H3,(H,26,30)(H,27,28). The number of aromatic nitrogens is 3. The number of carbonyl (C=O) groups excluding carboxylic acids is 1. The number of methoxy groups -OCH3 is 1. The molecule has 4 aromatic rings. The quantitative estimate of drug-likeness (QED) is 0.408. The maximum absolute atomic E-state index is 12.3. The molecule has 0 aliphatic carbocycles. The highest BCUT2D eigenvalue weighted by Crippen LogP contribution is 2.35. The zero-order valence-electron chi connectivity index (χ0n) is 17.3. The summed E-state index contributed by atoms with van der Waals surface area (Å²) >= 11 is 0. The summed E-state index contributed by atoms with van der Waals surface area (Å²) in [7, 11) is 1.57. The molecule has 4 rings (SSSR count). The number of hydrogen-bond acceptors (Lipinski definition) is 5. The molecule has 0 radical (unpaired) electrons. The summed E-state index contributed by atoms with van der Waals surface area (Å²) in [5.74, 6) is 0.888. The molecule has 7 nitrogen and oxygen atoms in total. The molecule has 0 saturated carbocycles. The summed E-state index contributed by atoms with van der Waals surface area (Å²) in [5, 5.41) is 13.3. The average Bonchev–Trinajstić information content (AvgIpc) is 3.20. The van der Waals surface area contributed by atoms with Crippen LogP contribution in [-0.2, 0) is 0 Å². The Morgan fingerprint density at radius 1 is 1.19 bits per heavy atom. The van der Waals surface area contributed by atoms with E-state index in [0.29, 0.717) is 34.9 Å². The van der Waals surface area contributed by atoms with Crippen molar-refractivity contribution in [1.29, 1.82) is 0 Å². The Balaban J connectivity index is 1.72. The van der Waals surface area contributed by atoms with Crippen LogP contribution in [0.15, 0.2) is 66.9 Å². The third kappa shape index (κ3) is 4.11. The largest absolute Gasteiger partial charge is 0.507 e. The molecule has 31 heavy (non-hydrogen) atoms. The summed E-state index contributed by atoms with van der Waals surface area (Å²) in [6, 6.07) is 14.2. The van der Waals surface area contributed by atoms with Gasteiger partial charge in [-0.05, 0) is 55.0 Å². The molecule has 0 spiro atoms. The Morgan fingerprint density at radius 3 is 2.81 bits per heavy atom. The molecule has 0 bridgehead atoms. The fraction of sp³-hybridized carbons (Fsp3) is 0.125. The van der Waals surface area contributed by atoms with Crippen molar-refractivity contribution in [2.24, 2.45) is 0 Å². The molecule has 0 saturated heterocycles. The minimum Gasteiger partial charge on any atom is -0.507 e. The number of phenols is 1. The molecule has 7 heteroatoms. The number of carbonyl (C=O) groups is 1. The predicted molar refractivity (Wildman–Crippen MR) is 120 cm³/mol. The number of rotatable bonds is 6. The molecule has 2 aromatic heterocycles. The van der Waals surface area contributed by atoms with Crippen LogP contribution in [0.2, 0.25) is 0 Å². The lowest BCUT2D eigenvalue weighted by atomic mass is 10.0. The average molecular weight is 414 g/mol. The number of pyridine rings is 1. The number of aromatic amines is 1. The van der Waals surface area contributed by atoms with E-state index < -0.39 is 0 Å². The highest BCUT2D eigenvalue weighted by molar-refractivity contribution is 5.98. The SMILES string of the molecule is C=C(C)CNC(=O)c1ccc2[nH]c(-c3cc(-c4cccnc4OC)ccc3O)nc2c1. The summed E-state index contributed by atoms with van der Waals surface area (Å²) < 4.78 is 5.35. The van der Waals surface area contributed by atoms with E-state index in [1.54, 1.807) is 43.6 Å². The molecular formula is C24H22N4O3. The number of ether oxygens (including phenoxy) is 1. The lowest BCUT2D eigenvalue weighted by molar-refractivity contribution is 0.0957. The number of nitrogens with one attached hydrogen (secondary N) is 2. The van der Waals surface area contributed by atoms with E-state index in [2.05, 4.69) is 26.8 Å². The van der Waals surface area contributed by atoms with Crippen molar-refractivity contribution in [2.75, 3.05) is 13.7 Å². The van der Waals surface area contributed by atoms with Crippen LogP contribution in [0.4, 0.5) is 0 Å². The molecule has 0 aliphatic heterocycles. The Morgan fingerprint density at radius 2 is 2.03 bits per heavy atom. The van der Waals surface area contributed by atoms with Gasteiger partial charge >= 0.3 is 0 Å². The van der Waals surface area contributed by atoms with Crippen LogP contribution in [-0.4, -0.2) is 39.6 Å². The monoisotopic (exact) mass is 414 g/mol. The van der Waals surface area contributed by atoms with E-state index in [1.807, 2.05) is 25.1 Å². The highest BCUT2D eigenvalue weighted by Gasteiger charge is 2.15. The van der Waals surface area contributed by atoms with Gasteiger partial charge in [0.15, 0.2) is 0 Å². The number of amides is 1. The van der Waals surface area contributed by atoms with Crippen LogP contribution in [0.1, 0.15) is 17.3 Å². The van der Waals surface area contributed by atoms with Gasteiger partial charge in [0.05, 0.1) is 23.7 Å². The van der Waals surface area contributed by atoms with Crippen molar-refractivity contribution in [3.63, 3.8) is 0 Å². The third-order valence-corrected chi connectivity index (χ3v) is 4.82.